The van der Waals surface area contributed by atoms with E-state index in [-0.39, 0.29) is 11.9 Å². The molecule has 0 N–H and O–H groups in total. The largest absolute Gasteiger partial charge is 0.338 e. The molecule has 0 radical (unpaired) electrons. The van der Waals surface area contributed by atoms with Crippen LogP contribution >= 0.6 is 22.9 Å². The summed E-state index contributed by atoms with van der Waals surface area (Å²) < 4.78 is 5.34. The molecule has 134 valence electrons. The Kier molecular flexibility index (Phi) is 4.76. The van der Waals surface area contributed by atoms with Crippen LogP contribution in [0, 0.1) is 0 Å². The van der Waals surface area contributed by atoms with Crippen molar-refractivity contribution in [3.8, 4) is 10.7 Å². The third-order valence-corrected chi connectivity index (χ3v) is 5.63. The first kappa shape index (κ1) is 17.2. The molecule has 0 saturated carbocycles. The zero-order chi connectivity index (χ0) is 18.1. The molecule has 26 heavy (non-hydrogen) atoms. The molecule has 1 fully saturated rings. The van der Waals surface area contributed by atoms with Gasteiger partial charge in [0.2, 0.25) is 17.6 Å². The number of thiophene rings is 1. The summed E-state index contributed by atoms with van der Waals surface area (Å²) in [5.41, 5.74) is 0.757. The number of benzene rings is 1. The Morgan fingerprint density at radius 1 is 1.35 bits per heavy atom. The van der Waals surface area contributed by atoms with E-state index in [1.54, 1.807) is 22.3 Å². The topological polar surface area (TPSA) is 62.5 Å². The van der Waals surface area contributed by atoms with Gasteiger partial charge in [0, 0.05) is 6.54 Å². The molecule has 2 aromatic heterocycles. The molecule has 3 aromatic rings. The van der Waals surface area contributed by atoms with Gasteiger partial charge in [-0.15, -0.1) is 11.3 Å². The molecule has 6 nitrogen and oxygen atoms in total. The second kappa shape index (κ2) is 7.19. The maximum Gasteiger partial charge on any atom is 0.244 e. The smallest absolute Gasteiger partial charge is 0.244 e. The zero-order valence-electron chi connectivity index (χ0n) is 14.1. The van der Waals surface area contributed by atoms with Crippen molar-refractivity contribution >= 4 is 34.5 Å². The maximum atomic E-state index is 12.8. The number of nitrogens with zero attached hydrogens (tertiary/aromatic N) is 4. The van der Waals surface area contributed by atoms with Crippen LogP contribution in [-0.2, 0) is 11.3 Å². The number of hydrogen-bond acceptors (Lipinski definition) is 6. The molecule has 8 heteroatoms. The van der Waals surface area contributed by atoms with Gasteiger partial charge in [-0.25, -0.2) is 0 Å². The molecule has 1 atom stereocenters. The van der Waals surface area contributed by atoms with E-state index < -0.39 is 0 Å². The lowest BCUT2D eigenvalue weighted by Gasteiger charge is -2.22. The van der Waals surface area contributed by atoms with Gasteiger partial charge in [-0.1, -0.05) is 35.0 Å². The van der Waals surface area contributed by atoms with Gasteiger partial charge in [-0.3, -0.25) is 9.69 Å². The fourth-order valence-electron chi connectivity index (χ4n) is 3.13. The zero-order valence-corrected chi connectivity index (χ0v) is 15.7. The van der Waals surface area contributed by atoms with Gasteiger partial charge in [-0.2, -0.15) is 4.98 Å². The number of carbonyl (C=O) groups excluding carboxylic acids is 1. The number of halogens is 1. The molecule has 1 saturated heterocycles. The van der Waals surface area contributed by atoms with Crippen LogP contribution in [0.2, 0.25) is 5.02 Å². The number of anilines is 1. The van der Waals surface area contributed by atoms with Crippen molar-refractivity contribution in [2.24, 2.45) is 0 Å². The number of rotatable bonds is 5. The first-order valence-electron chi connectivity index (χ1n) is 8.26. The van der Waals surface area contributed by atoms with E-state index in [0.29, 0.717) is 29.8 Å². The first-order chi connectivity index (χ1) is 12.6. The van der Waals surface area contributed by atoms with Gasteiger partial charge in [0.1, 0.15) is 0 Å². The summed E-state index contributed by atoms with van der Waals surface area (Å²) in [5.74, 6) is 1.12. The van der Waals surface area contributed by atoms with Gasteiger partial charge in [0.05, 0.1) is 28.2 Å². The Hall–Kier alpha value is -2.22. The van der Waals surface area contributed by atoms with Crippen molar-refractivity contribution in [3.05, 3.63) is 52.7 Å². The highest BCUT2D eigenvalue weighted by Gasteiger charge is 2.36. The molecule has 0 aliphatic carbocycles. The van der Waals surface area contributed by atoms with E-state index in [2.05, 4.69) is 10.1 Å². The molecule has 0 bridgehead atoms. The third-order valence-electron chi connectivity index (χ3n) is 4.45. The summed E-state index contributed by atoms with van der Waals surface area (Å²) >= 11 is 7.80. The summed E-state index contributed by atoms with van der Waals surface area (Å²) in [5, 5.41) is 6.57. The molecule has 1 aliphatic rings. The van der Waals surface area contributed by atoms with Gasteiger partial charge in [0.25, 0.3) is 0 Å². The monoisotopic (exact) mass is 388 g/mol. The number of amides is 1. The highest BCUT2D eigenvalue weighted by atomic mass is 35.5. The van der Waals surface area contributed by atoms with Crippen molar-refractivity contribution in [1.29, 1.82) is 0 Å². The van der Waals surface area contributed by atoms with Crippen LogP contribution in [0.1, 0.15) is 12.3 Å². The van der Waals surface area contributed by atoms with Gasteiger partial charge in [0.15, 0.2) is 0 Å². The summed E-state index contributed by atoms with van der Waals surface area (Å²) in [6, 6.07) is 11.1. The maximum absolute atomic E-state index is 12.8. The highest BCUT2D eigenvalue weighted by molar-refractivity contribution is 7.13. The van der Waals surface area contributed by atoms with Crippen LogP contribution in [-0.4, -0.2) is 40.6 Å². The Morgan fingerprint density at radius 2 is 2.19 bits per heavy atom. The van der Waals surface area contributed by atoms with Crippen LogP contribution in [0.25, 0.3) is 10.7 Å². The van der Waals surface area contributed by atoms with Crippen LogP contribution in [0.4, 0.5) is 5.69 Å². The fraction of sp³-hybridized carbons (Fsp3) is 0.278. The van der Waals surface area contributed by atoms with Crippen molar-refractivity contribution in [2.75, 3.05) is 18.5 Å². The lowest BCUT2D eigenvalue weighted by molar-refractivity contribution is -0.121. The molecular weight excluding hydrogens is 372 g/mol. The van der Waals surface area contributed by atoms with Crippen molar-refractivity contribution in [3.63, 3.8) is 0 Å². The van der Waals surface area contributed by atoms with E-state index in [4.69, 9.17) is 16.1 Å². The lowest BCUT2D eigenvalue weighted by atomic mass is 10.2. The minimum Gasteiger partial charge on any atom is -0.338 e. The molecule has 4 rings (SSSR count). The summed E-state index contributed by atoms with van der Waals surface area (Å²) in [7, 11) is 1.90. The number of likely N-dealkylation sites (N-methyl/N-ethyl adjacent to an activating group) is 1. The van der Waals surface area contributed by atoms with E-state index in [9.17, 15) is 4.79 Å². The molecule has 1 aliphatic heterocycles. The van der Waals surface area contributed by atoms with Crippen molar-refractivity contribution in [2.45, 2.75) is 19.0 Å². The van der Waals surface area contributed by atoms with Crippen LogP contribution < -0.4 is 4.90 Å². The number of hydrogen-bond donors (Lipinski definition) is 0. The summed E-state index contributed by atoms with van der Waals surface area (Å²) in [4.78, 5) is 21.9. The SMILES string of the molecule is CN(Cc1nc(-c2cccs2)no1)C1CCN(c2ccccc2Cl)C1=O. The highest BCUT2D eigenvalue weighted by Crippen LogP contribution is 2.30. The second-order valence-electron chi connectivity index (χ2n) is 6.15. The van der Waals surface area contributed by atoms with Crippen LogP contribution in [0.3, 0.4) is 0 Å². The standard InChI is InChI=1S/C18H17ClN4O2S/c1-22(11-16-20-17(21-25-16)15-7-4-10-26-15)14-8-9-23(18(14)24)13-6-3-2-5-12(13)19/h2-7,10,14H,8-9,11H2,1H3. The van der Waals surface area contributed by atoms with Gasteiger partial charge >= 0.3 is 0 Å². The molecule has 1 aromatic carbocycles. The molecule has 0 spiro atoms. The minimum atomic E-state index is -0.233. The van der Waals surface area contributed by atoms with Gasteiger partial charge < -0.3 is 9.42 Å². The summed E-state index contributed by atoms with van der Waals surface area (Å²) in [6.07, 6.45) is 0.729. The number of carbonyl (C=O) groups is 1. The lowest BCUT2D eigenvalue weighted by Crippen LogP contribution is -2.39. The minimum absolute atomic E-state index is 0.0404. The quantitative estimate of drug-likeness (QED) is 0.667. The van der Waals surface area contributed by atoms with E-state index in [1.807, 2.05) is 47.7 Å². The number of para-hydroxylation sites is 1. The normalized spacial score (nSPS) is 17.4. The Morgan fingerprint density at radius 3 is 2.96 bits per heavy atom. The fourth-order valence-corrected chi connectivity index (χ4v) is 4.02. The predicted octanol–water partition coefficient (Wildman–Crippen LogP) is 3.69. The summed E-state index contributed by atoms with van der Waals surface area (Å²) in [6.45, 7) is 1.06. The van der Waals surface area contributed by atoms with Crippen molar-refractivity contribution < 1.29 is 9.32 Å². The Labute approximate surface area is 160 Å². The molecule has 1 unspecified atom stereocenters. The average molecular weight is 389 g/mol. The van der Waals surface area contributed by atoms with E-state index >= 15 is 0 Å². The molecule has 3 heterocycles. The van der Waals surface area contributed by atoms with E-state index in [1.165, 1.54) is 0 Å². The van der Waals surface area contributed by atoms with Crippen molar-refractivity contribution in [1.82, 2.24) is 15.0 Å². The Balaban J connectivity index is 1.45. The first-order valence-corrected chi connectivity index (χ1v) is 9.52. The van der Waals surface area contributed by atoms with E-state index in [0.717, 1.165) is 17.0 Å². The third kappa shape index (κ3) is 3.25. The molecular formula is C18H17ClN4O2S. The predicted molar refractivity (Wildman–Crippen MR) is 101 cm³/mol. The number of aromatic nitrogens is 2. The van der Waals surface area contributed by atoms with Crippen LogP contribution in [0.15, 0.2) is 46.3 Å². The Bertz CT molecular complexity index is 912. The molecule has 1 amide bonds. The second-order valence-corrected chi connectivity index (χ2v) is 7.50. The van der Waals surface area contributed by atoms with Gasteiger partial charge in [-0.05, 0) is 37.0 Å². The average Bonchev–Trinajstić information content (AvgIpc) is 3.36. The van der Waals surface area contributed by atoms with Crippen LogP contribution in [0.5, 0.6) is 0 Å².